The Morgan fingerprint density at radius 1 is 1.53 bits per heavy atom. The molecule has 1 rings (SSSR count). The smallest absolute Gasteiger partial charge is 0.303 e. The van der Waals surface area contributed by atoms with Crippen LogP contribution in [0.25, 0.3) is 0 Å². The Kier molecular flexibility index (Phi) is 3.88. The maximum Gasteiger partial charge on any atom is 0.303 e. The number of aromatic nitrogens is 2. The van der Waals surface area contributed by atoms with Gasteiger partial charge in [-0.3, -0.25) is 14.3 Å². The fourth-order valence-corrected chi connectivity index (χ4v) is 1.45. The van der Waals surface area contributed by atoms with Crippen LogP contribution in [0.4, 0.5) is 0 Å². The molecule has 0 radical (unpaired) electrons. The summed E-state index contributed by atoms with van der Waals surface area (Å²) in [5.74, 6) is -1.12. The zero-order valence-corrected chi connectivity index (χ0v) is 10.2. The first-order valence-corrected chi connectivity index (χ1v) is 5.34. The zero-order valence-electron chi connectivity index (χ0n) is 10.2. The number of carbonyl (C=O) groups is 2. The van der Waals surface area contributed by atoms with E-state index < -0.39 is 11.5 Å². The summed E-state index contributed by atoms with van der Waals surface area (Å²) in [7, 11) is 1.68. The fraction of sp³-hybridized carbons (Fsp3) is 0.545. The summed E-state index contributed by atoms with van der Waals surface area (Å²) in [6.45, 7) is 3.59. The number of nitrogens with zero attached hydrogens (tertiary/aromatic N) is 2. The molecule has 1 heterocycles. The van der Waals surface area contributed by atoms with Gasteiger partial charge in [-0.15, -0.1) is 0 Å². The number of hydrogen-bond donors (Lipinski definition) is 2. The fourth-order valence-electron chi connectivity index (χ4n) is 1.45. The predicted octanol–water partition coefficient (Wildman–Crippen LogP) is 0.793. The van der Waals surface area contributed by atoms with Crippen LogP contribution in [0.15, 0.2) is 12.3 Å². The molecule has 17 heavy (non-hydrogen) atoms. The molecule has 94 valence electrons. The Labute approximate surface area is 99.6 Å². The molecule has 0 fully saturated rings. The van der Waals surface area contributed by atoms with Gasteiger partial charge in [0, 0.05) is 25.2 Å². The number of amides is 1. The highest BCUT2D eigenvalue weighted by atomic mass is 16.4. The molecule has 0 unspecified atom stereocenters. The van der Waals surface area contributed by atoms with Crippen LogP contribution in [0.5, 0.6) is 0 Å². The zero-order chi connectivity index (χ0) is 13.1. The Morgan fingerprint density at radius 2 is 2.18 bits per heavy atom. The molecule has 0 spiro atoms. The third kappa shape index (κ3) is 3.90. The summed E-state index contributed by atoms with van der Waals surface area (Å²) in [6, 6.07) is 1.61. The topological polar surface area (TPSA) is 84.2 Å². The van der Waals surface area contributed by atoms with Crippen molar-refractivity contribution in [3.05, 3.63) is 18.0 Å². The van der Waals surface area contributed by atoms with Crippen molar-refractivity contribution in [2.24, 2.45) is 7.05 Å². The first-order valence-electron chi connectivity index (χ1n) is 5.34. The van der Waals surface area contributed by atoms with E-state index in [9.17, 15) is 9.59 Å². The average Bonchev–Trinajstić information content (AvgIpc) is 2.61. The number of nitrogens with one attached hydrogen (secondary N) is 1. The van der Waals surface area contributed by atoms with Crippen LogP contribution < -0.4 is 5.32 Å². The summed E-state index contributed by atoms with van der Waals surface area (Å²) in [6.07, 6.45) is 1.95. The lowest BCUT2D eigenvalue weighted by Crippen LogP contribution is -2.44. The van der Waals surface area contributed by atoms with Crippen molar-refractivity contribution in [1.29, 1.82) is 0 Å². The van der Waals surface area contributed by atoms with Gasteiger partial charge >= 0.3 is 5.97 Å². The molecule has 1 aromatic rings. The van der Waals surface area contributed by atoms with Crippen molar-refractivity contribution in [2.75, 3.05) is 0 Å². The van der Waals surface area contributed by atoms with Gasteiger partial charge in [-0.05, 0) is 26.3 Å². The molecule has 1 aromatic heterocycles. The lowest BCUT2D eigenvalue weighted by molar-refractivity contribution is -0.137. The second-order valence-electron chi connectivity index (χ2n) is 4.57. The van der Waals surface area contributed by atoms with E-state index in [2.05, 4.69) is 10.4 Å². The molecule has 2 N–H and O–H groups in total. The molecule has 6 nitrogen and oxygen atoms in total. The molecule has 0 aliphatic rings. The number of carboxylic acids is 1. The van der Waals surface area contributed by atoms with E-state index in [4.69, 9.17) is 5.11 Å². The van der Waals surface area contributed by atoms with Crippen LogP contribution in [-0.2, 0) is 11.8 Å². The van der Waals surface area contributed by atoms with Crippen molar-refractivity contribution in [1.82, 2.24) is 15.1 Å². The Bertz CT molecular complexity index is 423. The molecular weight excluding hydrogens is 222 g/mol. The van der Waals surface area contributed by atoms with Crippen molar-refractivity contribution >= 4 is 11.9 Å². The van der Waals surface area contributed by atoms with Crippen LogP contribution >= 0.6 is 0 Å². The number of carboxylic acid groups (broad SMARTS) is 1. The number of rotatable bonds is 5. The molecule has 0 aliphatic carbocycles. The van der Waals surface area contributed by atoms with E-state index >= 15 is 0 Å². The van der Waals surface area contributed by atoms with Crippen LogP contribution in [-0.4, -0.2) is 32.3 Å². The molecular formula is C11H17N3O3. The summed E-state index contributed by atoms with van der Waals surface area (Å²) in [4.78, 5) is 22.4. The van der Waals surface area contributed by atoms with Gasteiger partial charge in [-0.25, -0.2) is 0 Å². The summed E-state index contributed by atoms with van der Waals surface area (Å²) in [5.41, 5.74) is -0.104. The van der Waals surface area contributed by atoms with E-state index in [1.807, 2.05) is 0 Å². The maximum absolute atomic E-state index is 11.9. The largest absolute Gasteiger partial charge is 0.481 e. The second-order valence-corrected chi connectivity index (χ2v) is 4.57. The van der Waals surface area contributed by atoms with E-state index in [1.165, 1.54) is 4.68 Å². The van der Waals surface area contributed by atoms with E-state index in [1.54, 1.807) is 33.2 Å². The molecule has 1 amide bonds. The highest BCUT2D eigenvalue weighted by Gasteiger charge is 2.23. The van der Waals surface area contributed by atoms with E-state index in [-0.39, 0.29) is 12.3 Å². The number of hydrogen-bond acceptors (Lipinski definition) is 3. The van der Waals surface area contributed by atoms with E-state index in [0.717, 1.165) is 0 Å². The Balaban J connectivity index is 2.61. The van der Waals surface area contributed by atoms with Crippen LogP contribution in [0, 0.1) is 0 Å². The minimum atomic E-state index is -0.868. The first-order chi connectivity index (χ1) is 7.82. The molecule has 0 aliphatic heterocycles. The van der Waals surface area contributed by atoms with Crippen molar-refractivity contribution in [3.8, 4) is 0 Å². The van der Waals surface area contributed by atoms with Crippen molar-refractivity contribution in [3.63, 3.8) is 0 Å². The van der Waals surface area contributed by atoms with Crippen LogP contribution in [0.3, 0.4) is 0 Å². The predicted molar refractivity (Wildman–Crippen MR) is 61.6 cm³/mol. The summed E-state index contributed by atoms with van der Waals surface area (Å²) in [5, 5.41) is 15.3. The highest BCUT2D eigenvalue weighted by Crippen LogP contribution is 2.12. The Morgan fingerprint density at radius 3 is 2.65 bits per heavy atom. The minimum Gasteiger partial charge on any atom is -0.481 e. The van der Waals surface area contributed by atoms with E-state index in [0.29, 0.717) is 12.1 Å². The third-order valence-corrected chi connectivity index (χ3v) is 2.47. The van der Waals surface area contributed by atoms with Gasteiger partial charge in [0.15, 0.2) is 0 Å². The molecule has 0 saturated heterocycles. The molecule has 0 aromatic carbocycles. The van der Waals surface area contributed by atoms with Gasteiger partial charge in [0.05, 0.1) is 0 Å². The van der Waals surface area contributed by atoms with Crippen LogP contribution in [0.2, 0.25) is 0 Å². The molecule has 0 saturated carbocycles. The SMILES string of the molecule is Cn1nccc1C(=O)NC(C)(C)CCC(=O)O. The van der Waals surface area contributed by atoms with Gasteiger partial charge in [-0.1, -0.05) is 0 Å². The standard InChI is InChI=1S/C11H17N3O3/c1-11(2,6-4-9(15)16)13-10(17)8-5-7-12-14(8)3/h5,7H,4,6H2,1-3H3,(H,13,17)(H,15,16). The summed E-state index contributed by atoms with van der Waals surface area (Å²) >= 11 is 0. The minimum absolute atomic E-state index is 0.0265. The number of carbonyl (C=O) groups excluding carboxylic acids is 1. The molecule has 0 bridgehead atoms. The second kappa shape index (κ2) is 4.99. The monoisotopic (exact) mass is 239 g/mol. The van der Waals surface area contributed by atoms with Gasteiger partial charge < -0.3 is 10.4 Å². The van der Waals surface area contributed by atoms with Gasteiger partial charge in [0.1, 0.15) is 5.69 Å². The highest BCUT2D eigenvalue weighted by molar-refractivity contribution is 5.92. The Hall–Kier alpha value is -1.85. The lowest BCUT2D eigenvalue weighted by atomic mass is 9.98. The van der Waals surface area contributed by atoms with Gasteiger partial charge in [0.2, 0.25) is 0 Å². The van der Waals surface area contributed by atoms with Crippen molar-refractivity contribution < 1.29 is 14.7 Å². The third-order valence-electron chi connectivity index (χ3n) is 2.47. The molecule has 6 heteroatoms. The first kappa shape index (κ1) is 13.2. The lowest BCUT2D eigenvalue weighted by Gasteiger charge is -2.25. The summed E-state index contributed by atoms with van der Waals surface area (Å²) < 4.78 is 1.47. The van der Waals surface area contributed by atoms with Gasteiger partial charge in [-0.2, -0.15) is 5.10 Å². The maximum atomic E-state index is 11.9. The number of aryl methyl sites for hydroxylation is 1. The average molecular weight is 239 g/mol. The van der Waals surface area contributed by atoms with Crippen molar-refractivity contribution in [2.45, 2.75) is 32.2 Å². The molecule has 0 atom stereocenters. The van der Waals surface area contributed by atoms with Crippen LogP contribution in [0.1, 0.15) is 37.2 Å². The number of aliphatic carboxylic acids is 1. The van der Waals surface area contributed by atoms with Gasteiger partial charge in [0.25, 0.3) is 5.91 Å². The quantitative estimate of drug-likeness (QED) is 0.795. The normalized spacial score (nSPS) is 11.2.